The molecule has 0 saturated heterocycles. The zero-order valence-electron chi connectivity index (χ0n) is 12.3. The molecule has 1 heterocycles. The van der Waals surface area contributed by atoms with Gasteiger partial charge in [0.15, 0.2) is 0 Å². The number of rotatable bonds is 6. The Balaban J connectivity index is 1.74. The lowest BCUT2D eigenvalue weighted by Gasteiger charge is -2.16. The van der Waals surface area contributed by atoms with E-state index in [1.54, 1.807) is 6.07 Å². The van der Waals surface area contributed by atoms with Crippen molar-refractivity contribution in [2.45, 2.75) is 25.5 Å². The highest BCUT2D eigenvalue weighted by molar-refractivity contribution is 7.07. The molecular formula is C16H19FN2O2S. The lowest BCUT2D eigenvalue weighted by molar-refractivity contribution is 0.173. The van der Waals surface area contributed by atoms with E-state index in [1.807, 2.05) is 29.8 Å². The molecule has 0 unspecified atom stereocenters. The van der Waals surface area contributed by atoms with Crippen molar-refractivity contribution in [3.63, 3.8) is 0 Å². The van der Waals surface area contributed by atoms with E-state index >= 15 is 0 Å². The van der Waals surface area contributed by atoms with Crippen molar-refractivity contribution in [1.82, 2.24) is 10.6 Å². The molecule has 0 fully saturated rings. The monoisotopic (exact) mass is 322 g/mol. The van der Waals surface area contributed by atoms with Gasteiger partial charge in [-0.2, -0.15) is 11.3 Å². The minimum Gasteiger partial charge on any atom is -0.387 e. The Kier molecular flexibility index (Phi) is 5.91. The Labute approximate surface area is 133 Å². The van der Waals surface area contributed by atoms with Crippen LogP contribution in [0.2, 0.25) is 0 Å². The molecule has 0 aliphatic carbocycles. The van der Waals surface area contributed by atoms with E-state index in [0.717, 1.165) is 11.1 Å². The Morgan fingerprint density at radius 3 is 2.91 bits per heavy atom. The van der Waals surface area contributed by atoms with Crippen LogP contribution in [0.5, 0.6) is 0 Å². The Hall–Kier alpha value is -1.92. The van der Waals surface area contributed by atoms with Crippen molar-refractivity contribution in [2.24, 2.45) is 0 Å². The number of thiophene rings is 1. The zero-order chi connectivity index (χ0) is 15.9. The first kappa shape index (κ1) is 16.5. The van der Waals surface area contributed by atoms with E-state index in [-0.39, 0.29) is 24.4 Å². The minimum absolute atomic E-state index is 0.139. The molecule has 3 N–H and O–H groups in total. The number of aliphatic hydroxyl groups is 1. The van der Waals surface area contributed by atoms with E-state index in [2.05, 4.69) is 10.6 Å². The molecular weight excluding hydrogens is 303 g/mol. The number of carbonyl (C=O) groups excluding carboxylic acids is 1. The summed E-state index contributed by atoms with van der Waals surface area (Å²) in [5.41, 5.74) is 1.62. The number of nitrogens with one attached hydrogen (secondary N) is 2. The Morgan fingerprint density at radius 1 is 1.41 bits per heavy atom. The van der Waals surface area contributed by atoms with Gasteiger partial charge in [0.1, 0.15) is 5.82 Å². The molecule has 1 aromatic carbocycles. The summed E-state index contributed by atoms with van der Waals surface area (Å²) in [7, 11) is 0. The number of benzene rings is 1. The molecule has 6 heteroatoms. The molecule has 2 aromatic rings. The highest BCUT2D eigenvalue weighted by Gasteiger charge is 2.12. The largest absolute Gasteiger partial charge is 0.387 e. The smallest absolute Gasteiger partial charge is 0.315 e. The average Bonchev–Trinajstić information content (AvgIpc) is 2.98. The Morgan fingerprint density at radius 2 is 2.23 bits per heavy atom. The maximum Gasteiger partial charge on any atom is 0.315 e. The molecule has 1 aromatic heterocycles. The second kappa shape index (κ2) is 7.91. The molecule has 4 nitrogen and oxygen atoms in total. The first-order valence-corrected chi connectivity index (χ1v) is 7.98. The van der Waals surface area contributed by atoms with E-state index in [0.29, 0.717) is 6.42 Å². The number of halogens is 1. The third-order valence-corrected chi connectivity index (χ3v) is 3.89. The number of carbonyl (C=O) groups is 1. The zero-order valence-corrected chi connectivity index (χ0v) is 13.1. The molecule has 2 rings (SSSR count). The van der Waals surface area contributed by atoms with Crippen LogP contribution in [0.15, 0.2) is 41.1 Å². The molecule has 0 aliphatic rings. The summed E-state index contributed by atoms with van der Waals surface area (Å²) in [6.45, 7) is 2.00. The van der Waals surface area contributed by atoms with E-state index < -0.39 is 6.10 Å². The molecule has 22 heavy (non-hydrogen) atoms. The van der Waals surface area contributed by atoms with Gasteiger partial charge in [-0.05, 0) is 53.4 Å². The first-order chi connectivity index (χ1) is 10.5. The van der Waals surface area contributed by atoms with Gasteiger partial charge in [-0.3, -0.25) is 0 Å². The number of aliphatic hydroxyl groups excluding tert-OH is 1. The second-order valence-corrected chi connectivity index (χ2v) is 5.94. The summed E-state index contributed by atoms with van der Waals surface area (Å²) in [5, 5.41) is 19.0. The van der Waals surface area contributed by atoms with Crippen molar-refractivity contribution >= 4 is 17.4 Å². The molecule has 0 radical (unpaired) electrons. The van der Waals surface area contributed by atoms with Crippen LogP contribution in [0.3, 0.4) is 0 Å². The van der Waals surface area contributed by atoms with Gasteiger partial charge in [-0.1, -0.05) is 12.1 Å². The number of urea groups is 1. The molecule has 0 aliphatic heterocycles. The fourth-order valence-electron chi connectivity index (χ4n) is 2.12. The van der Waals surface area contributed by atoms with Crippen molar-refractivity contribution in [3.05, 3.63) is 58.0 Å². The van der Waals surface area contributed by atoms with Crippen LogP contribution in [0.4, 0.5) is 9.18 Å². The summed E-state index contributed by atoms with van der Waals surface area (Å²) in [4.78, 5) is 11.8. The van der Waals surface area contributed by atoms with Crippen LogP contribution in [0.25, 0.3) is 0 Å². The van der Waals surface area contributed by atoms with Crippen LogP contribution < -0.4 is 10.6 Å². The van der Waals surface area contributed by atoms with E-state index in [1.165, 1.54) is 23.5 Å². The topological polar surface area (TPSA) is 61.4 Å². The van der Waals surface area contributed by atoms with Crippen LogP contribution in [-0.2, 0) is 6.42 Å². The predicted octanol–water partition coefficient (Wildman–Crippen LogP) is 2.85. The first-order valence-electron chi connectivity index (χ1n) is 7.03. The van der Waals surface area contributed by atoms with Crippen LogP contribution in [-0.4, -0.2) is 23.7 Å². The maximum atomic E-state index is 13.1. The summed E-state index contributed by atoms with van der Waals surface area (Å²) in [6, 6.07) is 7.64. The Bertz CT molecular complexity index is 604. The average molecular weight is 322 g/mol. The highest BCUT2D eigenvalue weighted by Crippen LogP contribution is 2.15. The van der Waals surface area contributed by atoms with Crippen LogP contribution in [0, 0.1) is 5.82 Å². The van der Waals surface area contributed by atoms with Crippen LogP contribution >= 0.6 is 11.3 Å². The van der Waals surface area contributed by atoms with Gasteiger partial charge in [0.25, 0.3) is 0 Å². The minimum atomic E-state index is -0.712. The predicted molar refractivity (Wildman–Crippen MR) is 85.4 cm³/mol. The lowest BCUT2D eigenvalue weighted by Crippen LogP contribution is -2.43. The van der Waals surface area contributed by atoms with Gasteiger partial charge >= 0.3 is 6.03 Å². The third kappa shape index (κ3) is 5.13. The van der Waals surface area contributed by atoms with Gasteiger partial charge in [-0.25, -0.2) is 9.18 Å². The highest BCUT2D eigenvalue weighted by atomic mass is 32.1. The SMILES string of the molecule is C[C@@H](Cc1cccc(F)c1)NC(=O)NC[C@H](O)c1ccsc1. The lowest BCUT2D eigenvalue weighted by atomic mass is 10.1. The standard InChI is InChI=1S/C16H19FN2O2S/c1-11(7-12-3-2-4-14(17)8-12)19-16(21)18-9-15(20)13-5-6-22-10-13/h2-6,8,10-11,15,20H,7,9H2,1H3,(H2,18,19,21)/t11-,15-/m0/s1. The molecule has 118 valence electrons. The van der Waals surface area contributed by atoms with Crippen molar-refractivity contribution in [3.8, 4) is 0 Å². The summed E-state index contributed by atoms with van der Waals surface area (Å²) in [6.07, 6.45) is -0.173. The quantitative estimate of drug-likeness (QED) is 0.766. The number of hydrogen-bond acceptors (Lipinski definition) is 3. The fraction of sp³-hybridized carbons (Fsp3) is 0.312. The molecule has 2 amide bonds. The van der Waals surface area contributed by atoms with Crippen molar-refractivity contribution in [1.29, 1.82) is 0 Å². The molecule has 0 bridgehead atoms. The van der Waals surface area contributed by atoms with Gasteiger partial charge in [0.2, 0.25) is 0 Å². The van der Waals surface area contributed by atoms with Crippen molar-refractivity contribution in [2.75, 3.05) is 6.54 Å². The molecule has 2 atom stereocenters. The third-order valence-electron chi connectivity index (χ3n) is 3.19. The molecule has 0 saturated carbocycles. The van der Waals surface area contributed by atoms with Gasteiger partial charge in [0, 0.05) is 12.6 Å². The van der Waals surface area contributed by atoms with Crippen molar-refractivity contribution < 1.29 is 14.3 Å². The van der Waals surface area contributed by atoms with Crippen LogP contribution in [0.1, 0.15) is 24.2 Å². The summed E-state index contributed by atoms with van der Waals surface area (Å²) in [5.74, 6) is -0.284. The van der Waals surface area contributed by atoms with E-state index in [9.17, 15) is 14.3 Å². The molecule has 0 spiro atoms. The number of amides is 2. The summed E-state index contributed by atoms with van der Waals surface area (Å²) < 4.78 is 13.1. The number of hydrogen-bond donors (Lipinski definition) is 3. The second-order valence-electron chi connectivity index (χ2n) is 5.16. The fourth-order valence-corrected chi connectivity index (χ4v) is 2.82. The van der Waals surface area contributed by atoms with Gasteiger partial charge < -0.3 is 15.7 Å². The van der Waals surface area contributed by atoms with Gasteiger partial charge in [0.05, 0.1) is 6.10 Å². The van der Waals surface area contributed by atoms with Gasteiger partial charge in [-0.15, -0.1) is 0 Å². The van der Waals surface area contributed by atoms with E-state index in [4.69, 9.17) is 0 Å². The maximum absolute atomic E-state index is 13.1. The summed E-state index contributed by atoms with van der Waals surface area (Å²) >= 11 is 1.50. The normalized spacial score (nSPS) is 13.4.